The molecule has 26 heavy (non-hydrogen) atoms. The summed E-state index contributed by atoms with van der Waals surface area (Å²) in [6, 6.07) is 8.43. The summed E-state index contributed by atoms with van der Waals surface area (Å²) >= 11 is 1.55. The molecule has 0 aliphatic heterocycles. The SMILES string of the molecule is COC(=O)C(C)(C)NC(=O)[C@H](CCSC)NC(=O)OCc1ccccc1. The van der Waals surface area contributed by atoms with Gasteiger partial charge >= 0.3 is 12.1 Å². The molecule has 7 nitrogen and oxygen atoms in total. The first-order valence-electron chi connectivity index (χ1n) is 8.16. The van der Waals surface area contributed by atoms with E-state index in [9.17, 15) is 14.4 Å². The summed E-state index contributed by atoms with van der Waals surface area (Å²) < 4.78 is 9.83. The van der Waals surface area contributed by atoms with Gasteiger partial charge < -0.3 is 20.1 Å². The van der Waals surface area contributed by atoms with Gasteiger partial charge in [0.05, 0.1) is 7.11 Å². The minimum Gasteiger partial charge on any atom is -0.467 e. The standard InChI is InChI=1S/C18H26N2O5S/c1-18(2,16(22)24-3)20-15(21)14(10-11-26-4)19-17(23)25-12-13-8-6-5-7-9-13/h5-9,14H,10-12H2,1-4H3,(H,19,23)(H,20,21)/t14-/m0/s1. The number of carbonyl (C=O) groups excluding carboxylic acids is 3. The van der Waals surface area contributed by atoms with Gasteiger partial charge in [0, 0.05) is 0 Å². The minimum atomic E-state index is -1.20. The fraction of sp³-hybridized carbons (Fsp3) is 0.500. The van der Waals surface area contributed by atoms with Crippen molar-refractivity contribution in [2.75, 3.05) is 19.1 Å². The highest BCUT2D eigenvalue weighted by atomic mass is 32.2. The lowest BCUT2D eigenvalue weighted by atomic mass is 10.0. The third-order valence-electron chi connectivity index (χ3n) is 3.56. The van der Waals surface area contributed by atoms with Crippen LogP contribution in [0.1, 0.15) is 25.8 Å². The zero-order valence-electron chi connectivity index (χ0n) is 15.5. The lowest BCUT2D eigenvalue weighted by molar-refractivity contribution is -0.149. The summed E-state index contributed by atoms with van der Waals surface area (Å²) in [6.07, 6.45) is 1.62. The van der Waals surface area contributed by atoms with Crippen molar-refractivity contribution in [1.82, 2.24) is 10.6 Å². The largest absolute Gasteiger partial charge is 0.467 e. The van der Waals surface area contributed by atoms with E-state index in [1.807, 2.05) is 36.6 Å². The molecule has 0 bridgehead atoms. The third-order valence-corrected chi connectivity index (χ3v) is 4.21. The molecule has 1 rings (SSSR count). The maximum Gasteiger partial charge on any atom is 0.408 e. The van der Waals surface area contributed by atoms with E-state index in [4.69, 9.17) is 4.74 Å². The molecule has 0 aliphatic rings. The summed E-state index contributed by atoms with van der Waals surface area (Å²) in [7, 11) is 1.25. The van der Waals surface area contributed by atoms with Crippen LogP contribution in [0.25, 0.3) is 0 Å². The number of esters is 1. The Morgan fingerprint density at radius 1 is 1.19 bits per heavy atom. The van der Waals surface area contributed by atoms with E-state index in [0.29, 0.717) is 12.2 Å². The van der Waals surface area contributed by atoms with Gasteiger partial charge in [-0.3, -0.25) is 4.79 Å². The van der Waals surface area contributed by atoms with Crippen molar-refractivity contribution in [3.8, 4) is 0 Å². The molecule has 1 aromatic rings. The van der Waals surface area contributed by atoms with Crippen molar-refractivity contribution >= 4 is 29.7 Å². The van der Waals surface area contributed by atoms with Crippen LogP contribution in [0.5, 0.6) is 0 Å². The van der Waals surface area contributed by atoms with E-state index in [1.54, 1.807) is 11.8 Å². The molecule has 0 fully saturated rings. The summed E-state index contributed by atoms with van der Waals surface area (Å²) in [6.45, 7) is 3.18. The predicted octanol–water partition coefficient (Wildman–Crippen LogP) is 2.10. The number of rotatable bonds is 9. The molecule has 0 saturated heterocycles. The smallest absolute Gasteiger partial charge is 0.408 e. The molecule has 0 saturated carbocycles. The normalized spacial score (nSPS) is 12.0. The van der Waals surface area contributed by atoms with Gasteiger partial charge in [0.1, 0.15) is 18.2 Å². The average molecular weight is 382 g/mol. The van der Waals surface area contributed by atoms with E-state index < -0.39 is 29.6 Å². The first-order valence-corrected chi connectivity index (χ1v) is 9.56. The van der Waals surface area contributed by atoms with Crippen molar-refractivity contribution in [3.05, 3.63) is 35.9 Å². The van der Waals surface area contributed by atoms with Crippen LogP contribution in [0.3, 0.4) is 0 Å². The van der Waals surface area contributed by atoms with Crippen molar-refractivity contribution in [1.29, 1.82) is 0 Å². The van der Waals surface area contributed by atoms with Crippen LogP contribution in [-0.2, 0) is 25.7 Å². The lowest BCUT2D eigenvalue weighted by Gasteiger charge is -2.26. The van der Waals surface area contributed by atoms with Crippen molar-refractivity contribution in [2.45, 2.75) is 38.5 Å². The number of alkyl carbamates (subject to hydrolysis) is 1. The summed E-state index contributed by atoms with van der Waals surface area (Å²) in [4.78, 5) is 36.3. The van der Waals surface area contributed by atoms with Gasteiger partial charge in [-0.1, -0.05) is 30.3 Å². The van der Waals surface area contributed by atoms with E-state index in [0.717, 1.165) is 5.56 Å². The van der Waals surface area contributed by atoms with Crippen molar-refractivity contribution in [3.63, 3.8) is 0 Å². The quantitative estimate of drug-likeness (QED) is 0.635. The molecule has 0 unspecified atom stereocenters. The van der Waals surface area contributed by atoms with Gasteiger partial charge in [-0.05, 0) is 37.8 Å². The van der Waals surface area contributed by atoms with Crippen molar-refractivity contribution < 1.29 is 23.9 Å². The van der Waals surface area contributed by atoms with Crippen LogP contribution in [0.4, 0.5) is 4.79 Å². The minimum absolute atomic E-state index is 0.108. The van der Waals surface area contributed by atoms with Crippen LogP contribution < -0.4 is 10.6 Å². The predicted molar refractivity (Wildman–Crippen MR) is 101 cm³/mol. The Morgan fingerprint density at radius 3 is 2.42 bits per heavy atom. The number of nitrogens with one attached hydrogen (secondary N) is 2. The second kappa shape index (κ2) is 10.7. The summed E-state index contributed by atoms with van der Waals surface area (Å²) in [5, 5.41) is 5.16. The van der Waals surface area contributed by atoms with Gasteiger partial charge in [-0.2, -0.15) is 11.8 Å². The van der Waals surface area contributed by atoms with Crippen LogP contribution in [0.15, 0.2) is 30.3 Å². The Labute approximate surface area is 158 Å². The highest BCUT2D eigenvalue weighted by Crippen LogP contribution is 2.08. The molecule has 144 valence electrons. The van der Waals surface area contributed by atoms with Gasteiger partial charge in [-0.15, -0.1) is 0 Å². The van der Waals surface area contributed by atoms with Crippen LogP contribution in [0, 0.1) is 0 Å². The second-order valence-corrected chi connectivity index (χ2v) is 7.13. The number of carbonyl (C=O) groups is 3. The number of amides is 2. The number of ether oxygens (including phenoxy) is 2. The van der Waals surface area contributed by atoms with Gasteiger partial charge in [0.25, 0.3) is 0 Å². The Hall–Kier alpha value is -2.22. The molecule has 1 atom stereocenters. The Bertz CT molecular complexity index is 607. The second-order valence-electron chi connectivity index (χ2n) is 6.15. The van der Waals surface area contributed by atoms with Gasteiger partial charge in [0.15, 0.2) is 0 Å². The number of methoxy groups -OCH3 is 1. The van der Waals surface area contributed by atoms with E-state index in [-0.39, 0.29) is 6.61 Å². The van der Waals surface area contributed by atoms with Crippen molar-refractivity contribution in [2.24, 2.45) is 0 Å². The maximum absolute atomic E-state index is 12.5. The molecule has 0 aliphatic carbocycles. The molecule has 8 heteroatoms. The van der Waals surface area contributed by atoms with Gasteiger partial charge in [-0.25, -0.2) is 9.59 Å². The number of thioether (sulfide) groups is 1. The Kier molecular flexibility index (Phi) is 8.98. The Morgan fingerprint density at radius 2 is 1.85 bits per heavy atom. The lowest BCUT2D eigenvalue weighted by Crippen LogP contribution is -2.56. The highest BCUT2D eigenvalue weighted by molar-refractivity contribution is 7.98. The Balaban J connectivity index is 2.65. The maximum atomic E-state index is 12.5. The number of hydrogen-bond donors (Lipinski definition) is 2. The topological polar surface area (TPSA) is 93.7 Å². The zero-order valence-corrected chi connectivity index (χ0v) is 16.4. The first-order chi connectivity index (χ1) is 12.3. The van der Waals surface area contributed by atoms with E-state index in [1.165, 1.54) is 21.0 Å². The molecule has 2 amide bonds. The van der Waals surface area contributed by atoms with Gasteiger partial charge in [0.2, 0.25) is 5.91 Å². The summed E-state index contributed by atoms with van der Waals surface area (Å²) in [5.74, 6) is -0.373. The zero-order chi connectivity index (χ0) is 19.6. The molecule has 1 aromatic carbocycles. The average Bonchev–Trinajstić information content (AvgIpc) is 2.63. The highest BCUT2D eigenvalue weighted by Gasteiger charge is 2.33. The molecule has 0 radical (unpaired) electrons. The number of benzene rings is 1. The van der Waals surface area contributed by atoms with E-state index >= 15 is 0 Å². The fourth-order valence-electron chi connectivity index (χ4n) is 2.11. The summed E-state index contributed by atoms with van der Waals surface area (Å²) in [5.41, 5.74) is -0.349. The number of hydrogen-bond acceptors (Lipinski definition) is 6. The molecule has 0 aromatic heterocycles. The van der Waals surface area contributed by atoms with Crippen LogP contribution in [0.2, 0.25) is 0 Å². The molecule has 0 spiro atoms. The molecular weight excluding hydrogens is 356 g/mol. The van der Waals surface area contributed by atoms with Crippen LogP contribution in [-0.4, -0.2) is 48.7 Å². The monoisotopic (exact) mass is 382 g/mol. The molecule has 0 heterocycles. The van der Waals surface area contributed by atoms with Crippen LogP contribution >= 0.6 is 11.8 Å². The van der Waals surface area contributed by atoms with E-state index in [2.05, 4.69) is 15.4 Å². The fourth-order valence-corrected chi connectivity index (χ4v) is 2.58. The first kappa shape index (κ1) is 21.8. The molecule has 2 N–H and O–H groups in total. The molecular formula is C18H26N2O5S. The third kappa shape index (κ3) is 7.35.